The van der Waals surface area contributed by atoms with E-state index in [1.54, 1.807) is 0 Å². The van der Waals surface area contributed by atoms with E-state index >= 15 is 0 Å². The summed E-state index contributed by atoms with van der Waals surface area (Å²) in [6.45, 7) is 4.35. The second-order valence-electron chi connectivity index (χ2n) is 6.05. The van der Waals surface area contributed by atoms with E-state index in [-0.39, 0.29) is 17.9 Å². The lowest BCUT2D eigenvalue weighted by atomic mass is 10.1. The van der Waals surface area contributed by atoms with Gasteiger partial charge in [-0.05, 0) is 24.9 Å². The number of hydrogen-bond acceptors (Lipinski definition) is 3. The van der Waals surface area contributed by atoms with Gasteiger partial charge in [0.05, 0.1) is 0 Å². The number of nitrogens with zero attached hydrogens (tertiary/aromatic N) is 2. The third-order valence-corrected chi connectivity index (χ3v) is 4.40. The third-order valence-electron chi connectivity index (χ3n) is 4.40. The van der Waals surface area contributed by atoms with Crippen molar-refractivity contribution in [1.82, 2.24) is 9.80 Å². The predicted molar refractivity (Wildman–Crippen MR) is 90.6 cm³/mol. The molecule has 126 valence electrons. The fourth-order valence-electron chi connectivity index (χ4n) is 3.01. The lowest BCUT2D eigenvalue weighted by Gasteiger charge is -2.31. The van der Waals surface area contributed by atoms with Gasteiger partial charge >= 0.3 is 0 Å². The highest BCUT2D eigenvalue weighted by molar-refractivity contribution is 5.80. The van der Waals surface area contributed by atoms with Crippen LogP contribution in [0.1, 0.15) is 38.2 Å². The van der Waals surface area contributed by atoms with Gasteiger partial charge < -0.3 is 15.5 Å². The van der Waals surface area contributed by atoms with Crippen molar-refractivity contribution in [3.63, 3.8) is 0 Å². The van der Waals surface area contributed by atoms with Crippen molar-refractivity contribution < 1.29 is 9.59 Å². The van der Waals surface area contributed by atoms with Gasteiger partial charge in [0, 0.05) is 38.5 Å². The molecule has 2 amide bonds. The summed E-state index contributed by atoms with van der Waals surface area (Å²) in [6.07, 6.45) is 2.42. The quantitative estimate of drug-likeness (QED) is 0.869. The number of carbonyl (C=O) groups excluding carboxylic acids is 2. The van der Waals surface area contributed by atoms with Crippen LogP contribution in [0.25, 0.3) is 0 Å². The van der Waals surface area contributed by atoms with Crippen molar-refractivity contribution in [2.45, 2.75) is 45.2 Å². The van der Waals surface area contributed by atoms with E-state index in [0.29, 0.717) is 45.4 Å². The molecule has 5 heteroatoms. The molecule has 0 spiro atoms. The van der Waals surface area contributed by atoms with Crippen LogP contribution >= 0.6 is 0 Å². The summed E-state index contributed by atoms with van der Waals surface area (Å²) in [6, 6.07) is 10.1. The Hall–Kier alpha value is -1.88. The van der Waals surface area contributed by atoms with E-state index in [4.69, 9.17) is 5.73 Å². The monoisotopic (exact) mass is 317 g/mol. The van der Waals surface area contributed by atoms with Gasteiger partial charge in [-0.15, -0.1) is 0 Å². The van der Waals surface area contributed by atoms with Crippen LogP contribution in [0.2, 0.25) is 0 Å². The number of nitrogens with two attached hydrogens (primary N) is 1. The molecule has 5 nitrogen and oxygen atoms in total. The Balaban J connectivity index is 2.08. The zero-order valence-corrected chi connectivity index (χ0v) is 13.9. The van der Waals surface area contributed by atoms with Crippen molar-refractivity contribution in [2.24, 2.45) is 5.73 Å². The number of benzene rings is 1. The van der Waals surface area contributed by atoms with Crippen LogP contribution in [-0.4, -0.2) is 47.3 Å². The van der Waals surface area contributed by atoms with Gasteiger partial charge in [-0.25, -0.2) is 0 Å². The molecule has 1 unspecified atom stereocenters. The normalized spacial score (nSPS) is 18.9. The van der Waals surface area contributed by atoms with Gasteiger partial charge in [0.1, 0.15) is 0 Å². The minimum atomic E-state index is 0.0760. The van der Waals surface area contributed by atoms with Crippen molar-refractivity contribution >= 4 is 11.8 Å². The minimum Gasteiger partial charge on any atom is -0.340 e. The Morgan fingerprint density at radius 3 is 2.70 bits per heavy atom. The maximum atomic E-state index is 12.5. The molecule has 1 aromatic carbocycles. The number of hydrogen-bond donors (Lipinski definition) is 1. The molecule has 1 heterocycles. The molecule has 1 aromatic rings. The smallest absolute Gasteiger partial charge is 0.224 e. The third kappa shape index (κ3) is 4.79. The van der Waals surface area contributed by atoms with E-state index in [1.165, 1.54) is 0 Å². The topological polar surface area (TPSA) is 66.6 Å². The second kappa shape index (κ2) is 8.67. The first-order valence-electron chi connectivity index (χ1n) is 8.47. The maximum Gasteiger partial charge on any atom is 0.224 e. The molecule has 1 aliphatic rings. The van der Waals surface area contributed by atoms with Crippen LogP contribution in [-0.2, 0) is 16.1 Å². The zero-order chi connectivity index (χ0) is 16.7. The second-order valence-corrected chi connectivity index (χ2v) is 6.05. The molecule has 1 saturated heterocycles. The Labute approximate surface area is 138 Å². The molecule has 1 fully saturated rings. The van der Waals surface area contributed by atoms with E-state index in [0.717, 1.165) is 12.0 Å². The summed E-state index contributed by atoms with van der Waals surface area (Å²) >= 11 is 0. The van der Waals surface area contributed by atoms with E-state index < -0.39 is 0 Å². The lowest BCUT2D eigenvalue weighted by Crippen LogP contribution is -2.43. The van der Waals surface area contributed by atoms with Gasteiger partial charge in [0.15, 0.2) is 0 Å². The van der Waals surface area contributed by atoms with Crippen LogP contribution in [0.15, 0.2) is 30.3 Å². The molecule has 2 rings (SSSR count). The molecular weight excluding hydrogens is 290 g/mol. The molecule has 0 saturated carbocycles. The van der Waals surface area contributed by atoms with Crippen molar-refractivity contribution in [1.29, 1.82) is 0 Å². The van der Waals surface area contributed by atoms with Crippen LogP contribution in [0, 0.1) is 0 Å². The van der Waals surface area contributed by atoms with E-state index in [2.05, 4.69) is 6.92 Å². The Kier molecular flexibility index (Phi) is 6.59. The van der Waals surface area contributed by atoms with E-state index in [9.17, 15) is 9.59 Å². The molecule has 1 aliphatic heterocycles. The Morgan fingerprint density at radius 2 is 2.04 bits per heavy atom. The van der Waals surface area contributed by atoms with Crippen molar-refractivity contribution in [2.75, 3.05) is 19.6 Å². The van der Waals surface area contributed by atoms with Crippen LogP contribution in [0.4, 0.5) is 0 Å². The van der Waals surface area contributed by atoms with Crippen LogP contribution < -0.4 is 5.73 Å². The highest BCUT2D eigenvalue weighted by Crippen LogP contribution is 2.18. The molecular formula is C18H27N3O2. The summed E-state index contributed by atoms with van der Waals surface area (Å²) in [5.74, 6) is 0.248. The summed E-state index contributed by atoms with van der Waals surface area (Å²) in [4.78, 5) is 28.6. The van der Waals surface area contributed by atoms with Gasteiger partial charge in [0.25, 0.3) is 0 Å². The first-order valence-corrected chi connectivity index (χ1v) is 8.47. The Morgan fingerprint density at radius 1 is 1.30 bits per heavy atom. The standard InChI is InChI=1S/C18H27N3O2/c1-2-16-14-20(17(22)9-6-11-19)12-10-18(23)21(16)13-15-7-4-3-5-8-15/h3-5,7-8,16H,2,6,9-14,19H2,1H3. The van der Waals surface area contributed by atoms with Crippen molar-refractivity contribution in [3.8, 4) is 0 Å². The van der Waals surface area contributed by atoms with Gasteiger partial charge in [-0.1, -0.05) is 37.3 Å². The largest absolute Gasteiger partial charge is 0.340 e. The summed E-state index contributed by atoms with van der Waals surface area (Å²) < 4.78 is 0. The molecule has 2 N–H and O–H groups in total. The average Bonchev–Trinajstić information content (AvgIpc) is 2.73. The summed E-state index contributed by atoms with van der Waals surface area (Å²) in [7, 11) is 0. The van der Waals surface area contributed by atoms with Crippen LogP contribution in [0.3, 0.4) is 0 Å². The van der Waals surface area contributed by atoms with Gasteiger partial charge in [-0.3, -0.25) is 9.59 Å². The maximum absolute atomic E-state index is 12.5. The van der Waals surface area contributed by atoms with Gasteiger partial charge in [0.2, 0.25) is 11.8 Å². The summed E-state index contributed by atoms with van der Waals surface area (Å²) in [5, 5.41) is 0. The fraction of sp³-hybridized carbons (Fsp3) is 0.556. The molecule has 0 aromatic heterocycles. The van der Waals surface area contributed by atoms with E-state index in [1.807, 2.05) is 40.1 Å². The first-order chi connectivity index (χ1) is 11.2. The molecule has 0 bridgehead atoms. The van der Waals surface area contributed by atoms with Crippen molar-refractivity contribution in [3.05, 3.63) is 35.9 Å². The molecule has 0 radical (unpaired) electrons. The zero-order valence-electron chi connectivity index (χ0n) is 13.9. The van der Waals surface area contributed by atoms with Crippen LogP contribution in [0.5, 0.6) is 0 Å². The number of rotatable bonds is 6. The molecule has 0 aliphatic carbocycles. The lowest BCUT2D eigenvalue weighted by molar-refractivity contribution is -0.133. The predicted octanol–water partition coefficient (Wildman–Crippen LogP) is 1.77. The number of carbonyl (C=O) groups is 2. The highest BCUT2D eigenvalue weighted by Gasteiger charge is 2.30. The summed E-state index contributed by atoms with van der Waals surface area (Å²) in [5.41, 5.74) is 6.61. The minimum absolute atomic E-state index is 0.0760. The Bertz CT molecular complexity index is 518. The first kappa shape index (κ1) is 17.5. The molecule has 1 atom stereocenters. The number of amides is 2. The average molecular weight is 317 g/mol. The highest BCUT2D eigenvalue weighted by atomic mass is 16.2. The molecule has 23 heavy (non-hydrogen) atoms. The fourth-order valence-corrected chi connectivity index (χ4v) is 3.01. The van der Waals surface area contributed by atoms with Gasteiger partial charge in [-0.2, -0.15) is 0 Å². The SMILES string of the molecule is CCC1CN(C(=O)CCCN)CCC(=O)N1Cc1ccccc1.